The molecule has 2 N–H and O–H groups in total. The second-order valence-electron chi connectivity index (χ2n) is 4.13. The van der Waals surface area contributed by atoms with Gasteiger partial charge in [-0.1, -0.05) is 28.9 Å². The van der Waals surface area contributed by atoms with Crippen LogP contribution < -0.4 is 5.73 Å². The summed E-state index contributed by atoms with van der Waals surface area (Å²) in [6.45, 7) is 2.75. The first-order valence-electron chi connectivity index (χ1n) is 5.89. The minimum atomic E-state index is 0.663. The van der Waals surface area contributed by atoms with E-state index in [1.807, 2.05) is 25.1 Å². The normalized spacial score (nSPS) is 10.7. The molecule has 4 nitrogen and oxygen atoms in total. The summed E-state index contributed by atoms with van der Waals surface area (Å²) in [5, 5.41) is 3.99. The van der Waals surface area contributed by atoms with Gasteiger partial charge in [0.15, 0.2) is 0 Å². The highest BCUT2D eigenvalue weighted by Crippen LogP contribution is 2.17. The molecular formula is C13H17N3O. The van der Waals surface area contributed by atoms with Gasteiger partial charge in [-0.15, -0.1) is 0 Å². The molecule has 0 bridgehead atoms. The molecule has 0 radical (unpaired) electrons. The van der Waals surface area contributed by atoms with Gasteiger partial charge in [0.2, 0.25) is 11.7 Å². The van der Waals surface area contributed by atoms with Gasteiger partial charge in [-0.25, -0.2) is 0 Å². The quantitative estimate of drug-likeness (QED) is 0.802. The SMILES string of the molecule is Cc1cccc(-c2noc(CCCCN)n2)c1. The highest BCUT2D eigenvalue weighted by atomic mass is 16.5. The third kappa shape index (κ3) is 3.14. The molecule has 0 fully saturated rings. The van der Waals surface area contributed by atoms with Crippen molar-refractivity contribution >= 4 is 0 Å². The smallest absolute Gasteiger partial charge is 0.226 e. The molecule has 0 aliphatic heterocycles. The number of rotatable bonds is 5. The van der Waals surface area contributed by atoms with Crippen LogP contribution in [0.4, 0.5) is 0 Å². The van der Waals surface area contributed by atoms with Crippen molar-refractivity contribution in [2.75, 3.05) is 6.54 Å². The lowest BCUT2D eigenvalue weighted by Gasteiger charge is -1.95. The number of unbranched alkanes of at least 4 members (excludes halogenated alkanes) is 1. The average molecular weight is 231 g/mol. The van der Waals surface area contributed by atoms with Crippen LogP contribution in [0.15, 0.2) is 28.8 Å². The van der Waals surface area contributed by atoms with Crippen LogP contribution in [0.1, 0.15) is 24.3 Å². The number of benzene rings is 1. The van der Waals surface area contributed by atoms with Crippen molar-refractivity contribution in [2.45, 2.75) is 26.2 Å². The van der Waals surface area contributed by atoms with E-state index in [9.17, 15) is 0 Å². The maximum atomic E-state index is 5.44. The lowest BCUT2D eigenvalue weighted by atomic mass is 10.1. The van der Waals surface area contributed by atoms with E-state index in [0.29, 0.717) is 18.3 Å². The Kier molecular flexibility index (Phi) is 3.88. The van der Waals surface area contributed by atoms with Gasteiger partial charge in [0.05, 0.1) is 0 Å². The zero-order chi connectivity index (χ0) is 12.1. The lowest BCUT2D eigenvalue weighted by molar-refractivity contribution is 0.375. The van der Waals surface area contributed by atoms with E-state index in [1.54, 1.807) is 0 Å². The van der Waals surface area contributed by atoms with Crippen LogP contribution in [0.2, 0.25) is 0 Å². The molecule has 0 saturated carbocycles. The third-order valence-corrected chi connectivity index (χ3v) is 2.59. The van der Waals surface area contributed by atoms with Crippen molar-refractivity contribution in [2.24, 2.45) is 5.73 Å². The molecule has 1 aromatic heterocycles. The predicted molar refractivity (Wildman–Crippen MR) is 66.5 cm³/mol. The molecular weight excluding hydrogens is 214 g/mol. The number of nitrogens with two attached hydrogens (primary N) is 1. The monoisotopic (exact) mass is 231 g/mol. The molecule has 0 aliphatic carbocycles. The molecule has 0 saturated heterocycles. The molecule has 2 rings (SSSR count). The summed E-state index contributed by atoms with van der Waals surface area (Å²) in [4.78, 5) is 4.37. The fraction of sp³-hybridized carbons (Fsp3) is 0.385. The fourth-order valence-corrected chi connectivity index (χ4v) is 1.68. The van der Waals surface area contributed by atoms with Crippen molar-refractivity contribution in [1.82, 2.24) is 10.1 Å². The van der Waals surface area contributed by atoms with E-state index in [0.717, 1.165) is 24.8 Å². The Balaban J connectivity index is 2.07. The second-order valence-corrected chi connectivity index (χ2v) is 4.13. The van der Waals surface area contributed by atoms with Gasteiger partial charge in [-0.2, -0.15) is 4.98 Å². The average Bonchev–Trinajstić information content (AvgIpc) is 2.78. The lowest BCUT2D eigenvalue weighted by Crippen LogP contribution is -1.99. The summed E-state index contributed by atoms with van der Waals surface area (Å²) < 4.78 is 5.20. The summed E-state index contributed by atoms with van der Waals surface area (Å²) >= 11 is 0. The van der Waals surface area contributed by atoms with Crippen molar-refractivity contribution in [3.63, 3.8) is 0 Å². The molecule has 0 unspecified atom stereocenters. The first kappa shape index (κ1) is 11.8. The van der Waals surface area contributed by atoms with Crippen LogP contribution in [-0.2, 0) is 6.42 Å². The van der Waals surface area contributed by atoms with E-state index in [4.69, 9.17) is 10.3 Å². The predicted octanol–water partition coefficient (Wildman–Crippen LogP) is 2.33. The number of hydrogen-bond acceptors (Lipinski definition) is 4. The fourth-order valence-electron chi connectivity index (χ4n) is 1.68. The van der Waals surface area contributed by atoms with Gasteiger partial charge >= 0.3 is 0 Å². The molecule has 0 atom stereocenters. The van der Waals surface area contributed by atoms with Crippen LogP contribution >= 0.6 is 0 Å². The topological polar surface area (TPSA) is 64.9 Å². The Hall–Kier alpha value is -1.68. The van der Waals surface area contributed by atoms with E-state index in [-0.39, 0.29) is 0 Å². The third-order valence-electron chi connectivity index (χ3n) is 2.59. The summed E-state index contributed by atoms with van der Waals surface area (Å²) in [5.74, 6) is 1.35. The standard InChI is InChI=1S/C13H17N3O/c1-10-5-4-6-11(9-10)13-15-12(17-16-13)7-2-3-8-14/h4-6,9H,2-3,7-8,14H2,1H3. The van der Waals surface area contributed by atoms with Crippen molar-refractivity contribution in [3.8, 4) is 11.4 Å². The minimum absolute atomic E-state index is 0.663. The van der Waals surface area contributed by atoms with Gasteiger partial charge < -0.3 is 10.3 Å². The zero-order valence-electron chi connectivity index (χ0n) is 10.0. The number of nitrogens with zero attached hydrogens (tertiary/aromatic N) is 2. The number of hydrogen-bond donors (Lipinski definition) is 1. The van der Waals surface area contributed by atoms with Gasteiger partial charge in [-0.3, -0.25) is 0 Å². The van der Waals surface area contributed by atoms with Crippen LogP contribution in [0.3, 0.4) is 0 Å². The second kappa shape index (κ2) is 5.59. The Morgan fingerprint density at radius 2 is 2.18 bits per heavy atom. The number of aromatic nitrogens is 2. The maximum absolute atomic E-state index is 5.44. The van der Waals surface area contributed by atoms with E-state index < -0.39 is 0 Å². The van der Waals surface area contributed by atoms with Gasteiger partial charge in [0.1, 0.15) is 0 Å². The molecule has 0 spiro atoms. The van der Waals surface area contributed by atoms with E-state index in [1.165, 1.54) is 5.56 Å². The molecule has 0 amide bonds. The van der Waals surface area contributed by atoms with Gasteiger partial charge in [0, 0.05) is 12.0 Å². The Morgan fingerprint density at radius 3 is 2.94 bits per heavy atom. The van der Waals surface area contributed by atoms with Gasteiger partial charge in [0.25, 0.3) is 0 Å². The summed E-state index contributed by atoms with van der Waals surface area (Å²) in [5.41, 5.74) is 7.63. The van der Waals surface area contributed by atoms with Gasteiger partial charge in [-0.05, 0) is 32.4 Å². The molecule has 0 aliphatic rings. The maximum Gasteiger partial charge on any atom is 0.226 e. The van der Waals surface area contributed by atoms with E-state index >= 15 is 0 Å². The van der Waals surface area contributed by atoms with Crippen molar-refractivity contribution in [1.29, 1.82) is 0 Å². The minimum Gasteiger partial charge on any atom is -0.339 e. The van der Waals surface area contributed by atoms with Crippen LogP contribution in [0.25, 0.3) is 11.4 Å². The first-order valence-corrected chi connectivity index (χ1v) is 5.89. The largest absolute Gasteiger partial charge is 0.339 e. The summed E-state index contributed by atoms with van der Waals surface area (Å²) in [6, 6.07) is 8.08. The Bertz CT molecular complexity index is 479. The zero-order valence-corrected chi connectivity index (χ0v) is 10.0. The van der Waals surface area contributed by atoms with Crippen LogP contribution in [-0.4, -0.2) is 16.7 Å². The van der Waals surface area contributed by atoms with Crippen LogP contribution in [0, 0.1) is 6.92 Å². The number of aryl methyl sites for hydroxylation is 2. The Labute approximate surface area is 101 Å². The highest BCUT2D eigenvalue weighted by Gasteiger charge is 2.07. The molecule has 17 heavy (non-hydrogen) atoms. The molecule has 1 aromatic carbocycles. The van der Waals surface area contributed by atoms with E-state index in [2.05, 4.69) is 16.2 Å². The molecule has 4 heteroatoms. The Morgan fingerprint density at radius 1 is 1.29 bits per heavy atom. The summed E-state index contributed by atoms with van der Waals surface area (Å²) in [6.07, 6.45) is 2.78. The first-order chi connectivity index (χ1) is 8.29. The van der Waals surface area contributed by atoms with Crippen molar-refractivity contribution < 1.29 is 4.52 Å². The van der Waals surface area contributed by atoms with Crippen LogP contribution in [0.5, 0.6) is 0 Å². The molecule has 2 aromatic rings. The van der Waals surface area contributed by atoms with Crippen molar-refractivity contribution in [3.05, 3.63) is 35.7 Å². The molecule has 90 valence electrons. The molecule has 1 heterocycles. The summed E-state index contributed by atoms with van der Waals surface area (Å²) in [7, 11) is 0. The highest BCUT2D eigenvalue weighted by molar-refractivity contribution is 5.55.